The molecule has 1 heterocycles. The zero-order chi connectivity index (χ0) is 21.5. The van der Waals surface area contributed by atoms with Crippen molar-refractivity contribution in [1.82, 2.24) is 9.80 Å². The highest BCUT2D eigenvalue weighted by Gasteiger charge is 2.34. The Kier molecular flexibility index (Phi) is 7.22. The van der Waals surface area contributed by atoms with Crippen molar-refractivity contribution in [3.8, 4) is 0 Å². The van der Waals surface area contributed by atoms with Crippen molar-refractivity contribution in [3.63, 3.8) is 0 Å². The summed E-state index contributed by atoms with van der Waals surface area (Å²) in [6, 6.07) is 16.9. The third-order valence-corrected chi connectivity index (χ3v) is 5.55. The highest BCUT2D eigenvalue weighted by atomic mass is 16.2. The fourth-order valence-electron chi connectivity index (χ4n) is 3.71. The molecule has 0 radical (unpaired) electrons. The summed E-state index contributed by atoms with van der Waals surface area (Å²) in [4.78, 5) is 40.8. The van der Waals surface area contributed by atoms with Gasteiger partial charge in [0.1, 0.15) is 0 Å². The van der Waals surface area contributed by atoms with Crippen LogP contribution in [-0.2, 0) is 16.0 Å². The van der Waals surface area contributed by atoms with E-state index in [-0.39, 0.29) is 30.1 Å². The third-order valence-electron chi connectivity index (χ3n) is 5.55. The van der Waals surface area contributed by atoms with Crippen molar-refractivity contribution in [2.24, 2.45) is 5.92 Å². The number of benzene rings is 2. The molecule has 0 saturated carbocycles. The lowest BCUT2D eigenvalue weighted by Crippen LogP contribution is -2.30. The molecule has 30 heavy (non-hydrogen) atoms. The van der Waals surface area contributed by atoms with E-state index >= 15 is 0 Å². The highest BCUT2D eigenvalue weighted by Crippen LogP contribution is 2.21. The Labute approximate surface area is 177 Å². The number of hydrogen-bond acceptors (Lipinski definition) is 3. The van der Waals surface area contributed by atoms with Crippen LogP contribution in [0, 0.1) is 5.92 Å². The first kappa shape index (κ1) is 21.6. The molecule has 6 nitrogen and oxygen atoms in total. The molecule has 0 spiro atoms. The molecule has 1 atom stereocenters. The van der Waals surface area contributed by atoms with Crippen LogP contribution in [0.4, 0.5) is 5.69 Å². The molecule has 1 fully saturated rings. The zero-order valence-corrected chi connectivity index (χ0v) is 17.6. The summed E-state index contributed by atoms with van der Waals surface area (Å²) in [5, 5.41) is 2.88. The number of likely N-dealkylation sites (tertiary alicyclic amines) is 1. The minimum absolute atomic E-state index is 0.0197. The quantitative estimate of drug-likeness (QED) is 0.731. The van der Waals surface area contributed by atoms with Crippen LogP contribution in [0.1, 0.15) is 36.2 Å². The van der Waals surface area contributed by atoms with Crippen molar-refractivity contribution < 1.29 is 14.4 Å². The van der Waals surface area contributed by atoms with Gasteiger partial charge in [-0.2, -0.15) is 0 Å². The molecule has 1 unspecified atom stereocenters. The summed E-state index contributed by atoms with van der Waals surface area (Å²) >= 11 is 0. The van der Waals surface area contributed by atoms with Gasteiger partial charge in [0.15, 0.2) is 0 Å². The number of hydrogen-bond donors (Lipinski definition) is 1. The van der Waals surface area contributed by atoms with E-state index < -0.39 is 0 Å². The fourth-order valence-corrected chi connectivity index (χ4v) is 3.71. The Balaban J connectivity index is 1.53. The number of nitrogens with zero attached hydrogens (tertiary/aromatic N) is 2. The fraction of sp³-hybridized carbons (Fsp3) is 0.375. The minimum Gasteiger partial charge on any atom is -0.342 e. The highest BCUT2D eigenvalue weighted by molar-refractivity contribution is 5.98. The van der Waals surface area contributed by atoms with Crippen LogP contribution in [0.25, 0.3) is 0 Å². The molecule has 0 bridgehead atoms. The number of nitrogens with one attached hydrogen (secondary N) is 1. The Bertz CT molecular complexity index is 876. The summed E-state index contributed by atoms with van der Waals surface area (Å²) in [6.07, 6.45) is 1.02. The molecule has 1 saturated heterocycles. The standard InChI is InChI=1S/C24H29N3O3/c1-3-26(4-2)24(30)19-10-12-21(13-11-19)25-23(29)20-16-22(28)27(17-20)15-14-18-8-6-5-7-9-18/h5-13,20H,3-4,14-17H2,1-2H3,(H,25,29). The number of amides is 3. The molecule has 2 aromatic carbocycles. The van der Waals surface area contributed by atoms with E-state index in [1.807, 2.05) is 44.2 Å². The summed E-state index contributed by atoms with van der Waals surface area (Å²) in [6.45, 7) is 6.27. The van der Waals surface area contributed by atoms with Crippen LogP contribution < -0.4 is 5.32 Å². The normalized spacial score (nSPS) is 15.9. The molecule has 158 valence electrons. The van der Waals surface area contributed by atoms with Crippen LogP contribution in [0.2, 0.25) is 0 Å². The molecule has 1 N–H and O–H groups in total. The first-order chi connectivity index (χ1) is 14.5. The van der Waals surface area contributed by atoms with E-state index in [9.17, 15) is 14.4 Å². The number of anilines is 1. The molecule has 3 rings (SSSR count). The van der Waals surface area contributed by atoms with Gasteiger partial charge in [-0.15, -0.1) is 0 Å². The second kappa shape index (κ2) is 10.1. The minimum atomic E-state index is -0.356. The van der Waals surface area contributed by atoms with Crippen LogP contribution in [0.5, 0.6) is 0 Å². The lowest BCUT2D eigenvalue weighted by Gasteiger charge is -2.19. The molecular weight excluding hydrogens is 378 g/mol. The van der Waals surface area contributed by atoms with Crippen LogP contribution in [-0.4, -0.2) is 53.7 Å². The largest absolute Gasteiger partial charge is 0.342 e. The molecule has 0 aromatic heterocycles. The Morgan fingerprint density at radius 3 is 2.33 bits per heavy atom. The van der Waals surface area contributed by atoms with Crippen molar-refractivity contribution >= 4 is 23.4 Å². The predicted molar refractivity (Wildman–Crippen MR) is 117 cm³/mol. The van der Waals surface area contributed by atoms with E-state index in [2.05, 4.69) is 5.32 Å². The van der Waals surface area contributed by atoms with Crippen LogP contribution in [0.15, 0.2) is 54.6 Å². The summed E-state index contributed by atoms with van der Waals surface area (Å²) in [7, 11) is 0. The summed E-state index contributed by atoms with van der Waals surface area (Å²) in [5.74, 6) is -0.516. The first-order valence-corrected chi connectivity index (χ1v) is 10.5. The molecule has 3 amide bonds. The second-order valence-electron chi connectivity index (χ2n) is 7.52. The number of carbonyl (C=O) groups is 3. The number of rotatable bonds is 8. The SMILES string of the molecule is CCN(CC)C(=O)c1ccc(NC(=O)C2CC(=O)N(CCc3ccccc3)C2)cc1. The molecule has 6 heteroatoms. The van der Waals surface area contributed by atoms with Gasteiger partial charge in [-0.05, 0) is 50.1 Å². The maximum Gasteiger partial charge on any atom is 0.253 e. The average molecular weight is 408 g/mol. The van der Waals surface area contributed by atoms with Crippen molar-refractivity contribution in [1.29, 1.82) is 0 Å². The van der Waals surface area contributed by atoms with Gasteiger partial charge < -0.3 is 15.1 Å². The molecular formula is C24H29N3O3. The van der Waals surface area contributed by atoms with Crippen molar-refractivity contribution in [2.75, 3.05) is 31.5 Å². The average Bonchev–Trinajstić information content (AvgIpc) is 3.15. The van der Waals surface area contributed by atoms with E-state index in [1.165, 1.54) is 5.56 Å². The van der Waals surface area contributed by atoms with Crippen LogP contribution >= 0.6 is 0 Å². The number of carbonyl (C=O) groups excluding carboxylic acids is 3. The Morgan fingerprint density at radius 2 is 1.70 bits per heavy atom. The van der Waals surface area contributed by atoms with Gasteiger partial charge in [0, 0.05) is 43.9 Å². The van der Waals surface area contributed by atoms with E-state index in [0.717, 1.165) is 6.42 Å². The molecule has 0 aliphatic carbocycles. The zero-order valence-electron chi connectivity index (χ0n) is 17.6. The predicted octanol–water partition coefficient (Wildman–Crippen LogP) is 3.20. The molecule has 1 aliphatic heterocycles. The van der Waals surface area contributed by atoms with Gasteiger partial charge in [0.05, 0.1) is 5.92 Å². The van der Waals surface area contributed by atoms with Gasteiger partial charge in [0.2, 0.25) is 11.8 Å². The first-order valence-electron chi connectivity index (χ1n) is 10.5. The van der Waals surface area contributed by atoms with E-state index in [0.29, 0.717) is 37.4 Å². The molecule has 2 aromatic rings. The molecule has 1 aliphatic rings. The lowest BCUT2D eigenvalue weighted by molar-refractivity contribution is -0.128. The van der Waals surface area contributed by atoms with Crippen molar-refractivity contribution in [3.05, 3.63) is 65.7 Å². The third kappa shape index (κ3) is 5.26. The van der Waals surface area contributed by atoms with Crippen molar-refractivity contribution in [2.45, 2.75) is 26.7 Å². The monoisotopic (exact) mass is 407 g/mol. The summed E-state index contributed by atoms with van der Waals surface area (Å²) < 4.78 is 0. The smallest absolute Gasteiger partial charge is 0.253 e. The van der Waals surface area contributed by atoms with E-state index in [4.69, 9.17) is 0 Å². The van der Waals surface area contributed by atoms with Gasteiger partial charge in [-0.25, -0.2) is 0 Å². The maximum absolute atomic E-state index is 12.6. The Morgan fingerprint density at radius 1 is 1.03 bits per heavy atom. The summed E-state index contributed by atoms with van der Waals surface area (Å²) in [5.41, 5.74) is 2.41. The van der Waals surface area contributed by atoms with E-state index in [1.54, 1.807) is 34.1 Å². The van der Waals surface area contributed by atoms with Gasteiger partial charge in [-0.1, -0.05) is 30.3 Å². The maximum atomic E-state index is 12.6. The lowest BCUT2D eigenvalue weighted by atomic mass is 10.1. The van der Waals surface area contributed by atoms with Gasteiger partial charge >= 0.3 is 0 Å². The second-order valence-corrected chi connectivity index (χ2v) is 7.52. The van der Waals surface area contributed by atoms with Gasteiger partial charge in [-0.3, -0.25) is 14.4 Å². The Hall–Kier alpha value is -3.15. The van der Waals surface area contributed by atoms with Gasteiger partial charge in [0.25, 0.3) is 5.91 Å². The topological polar surface area (TPSA) is 69.7 Å². The van der Waals surface area contributed by atoms with Crippen LogP contribution in [0.3, 0.4) is 0 Å².